The van der Waals surface area contributed by atoms with E-state index in [-0.39, 0.29) is 18.2 Å². The van der Waals surface area contributed by atoms with Crippen LogP contribution in [0.15, 0.2) is 65.6 Å². The largest absolute Gasteiger partial charge is 0.843 e. The minimum atomic E-state index is -1.04. The number of fused-ring (bicyclic) bond motifs is 4. The Morgan fingerprint density at radius 2 is 1.49 bits per heavy atom. The molecule has 3 aromatic carbocycles. The average molecular weight is 710 g/mol. The molecule has 7 rings (SSSR count). The lowest BCUT2D eigenvalue weighted by molar-refractivity contribution is -0.953. The van der Waals surface area contributed by atoms with Crippen molar-refractivity contribution in [2.45, 2.75) is 87.9 Å². The molecule has 2 N–H and O–H groups in total. The number of aliphatic hydroxyl groups excluding tert-OH is 1. The lowest BCUT2D eigenvalue weighted by atomic mass is 9.67. The van der Waals surface area contributed by atoms with E-state index in [0.717, 1.165) is 54.0 Å². The van der Waals surface area contributed by atoms with Gasteiger partial charge in [-0.15, -0.1) is 24.2 Å². The van der Waals surface area contributed by atoms with E-state index in [9.17, 15) is 15.3 Å². The van der Waals surface area contributed by atoms with Gasteiger partial charge in [0.05, 0.1) is 31.4 Å². The molecule has 268 valence electrons. The summed E-state index contributed by atoms with van der Waals surface area (Å²) in [6, 6.07) is 20.7. The number of piperazine rings is 3. The fraction of sp³-hybridized carbons (Fsp3) is 0.550. The molecule has 0 saturated carbocycles. The SMILES string of the molecule is CCCCC1(CCCC)C([O-])Sc2ccc(N(C)C)c(O)c2[C@@H](c2ccc(OCc3ccc(C[N+]45CCN(CC4)CC5)cc3)cc2)C1O.Cl. The molecular weight excluding hydrogens is 654 g/mol. The molecule has 7 nitrogen and oxygen atoms in total. The number of hydrogen-bond donors (Lipinski definition) is 2. The van der Waals surface area contributed by atoms with Gasteiger partial charge in [0.25, 0.3) is 0 Å². The first-order valence-corrected chi connectivity index (χ1v) is 19.0. The lowest BCUT2D eigenvalue weighted by Gasteiger charge is -2.50. The van der Waals surface area contributed by atoms with E-state index in [1.54, 1.807) is 0 Å². The van der Waals surface area contributed by atoms with E-state index in [1.165, 1.54) is 61.1 Å². The Kier molecular flexibility index (Phi) is 12.5. The number of benzene rings is 3. The van der Waals surface area contributed by atoms with Gasteiger partial charge in [-0.2, -0.15) is 0 Å². The summed E-state index contributed by atoms with van der Waals surface area (Å²) in [5.41, 5.74) is 2.88. The molecule has 49 heavy (non-hydrogen) atoms. The van der Waals surface area contributed by atoms with Crippen LogP contribution in [-0.2, 0) is 13.2 Å². The molecule has 3 fully saturated rings. The molecule has 0 aromatic heterocycles. The molecule has 4 heterocycles. The molecule has 0 aliphatic carbocycles. The minimum Gasteiger partial charge on any atom is -0.843 e. The van der Waals surface area contributed by atoms with Crippen LogP contribution < -0.4 is 14.7 Å². The van der Waals surface area contributed by atoms with Gasteiger partial charge in [0.15, 0.2) is 0 Å². The van der Waals surface area contributed by atoms with Crippen LogP contribution in [0.1, 0.15) is 80.5 Å². The van der Waals surface area contributed by atoms with E-state index in [0.29, 0.717) is 30.7 Å². The predicted molar refractivity (Wildman–Crippen MR) is 201 cm³/mol. The fourth-order valence-corrected chi connectivity index (χ4v) is 9.59. The van der Waals surface area contributed by atoms with E-state index >= 15 is 0 Å². The van der Waals surface area contributed by atoms with Crippen LogP contribution in [0.3, 0.4) is 0 Å². The van der Waals surface area contributed by atoms with Crippen molar-refractivity contribution in [2.24, 2.45) is 5.41 Å². The summed E-state index contributed by atoms with van der Waals surface area (Å²) < 4.78 is 7.47. The van der Waals surface area contributed by atoms with Crippen molar-refractivity contribution in [3.05, 3.63) is 82.9 Å². The summed E-state index contributed by atoms with van der Waals surface area (Å²) in [4.78, 5) is 5.23. The van der Waals surface area contributed by atoms with Gasteiger partial charge < -0.3 is 29.4 Å². The first-order valence-electron chi connectivity index (χ1n) is 18.1. The molecule has 0 radical (unpaired) electrons. The molecule has 3 aromatic rings. The number of thioether (sulfide) groups is 1. The molecule has 0 amide bonds. The van der Waals surface area contributed by atoms with Gasteiger partial charge in [0.1, 0.15) is 24.7 Å². The number of halogens is 1. The number of unbranched alkanes of at least 4 members (excludes halogenated alkanes) is 2. The van der Waals surface area contributed by atoms with Crippen LogP contribution in [0.2, 0.25) is 0 Å². The van der Waals surface area contributed by atoms with Gasteiger partial charge in [0, 0.05) is 55.7 Å². The first kappa shape index (κ1) is 37.8. The Morgan fingerprint density at radius 3 is 2.06 bits per heavy atom. The number of aromatic hydroxyl groups is 1. The number of nitrogens with zero attached hydrogens (tertiary/aromatic N) is 3. The third kappa shape index (κ3) is 7.90. The number of hydrogen-bond acceptors (Lipinski definition) is 7. The molecule has 2 bridgehead atoms. The zero-order valence-electron chi connectivity index (χ0n) is 29.8. The summed E-state index contributed by atoms with van der Waals surface area (Å²) in [5.74, 6) is 0.344. The van der Waals surface area contributed by atoms with Crippen LogP contribution in [-0.4, -0.2) is 84.5 Å². The van der Waals surface area contributed by atoms with Gasteiger partial charge in [-0.3, -0.25) is 4.90 Å². The van der Waals surface area contributed by atoms with Crippen molar-refractivity contribution in [2.75, 3.05) is 58.3 Å². The Morgan fingerprint density at radius 1 is 0.898 bits per heavy atom. The summed E-state index contributed by atoms with van der Waals surface area (Å²) in [6.07, 6.45) is 4.06. The summed E-state index contributed by atoms with van der Waals surface area (Å²) >= 11 is 1.28. The third-order valence-electron chi connectivity index (χ3n) is 11.4. The van der Waals surface area contributed by atoms with Crippen LogP contribution in [0.5, 0.6) is 11.5 Å². The van der Waals surface area contributed by atoms with Crippen molar-refractivity contribution in [3.8, 4) is 11.5 Å². The van der Waals surface area contributed by atoms with Crippen LogP contribution in [0, 0.1) is 5.41 Å². The number of quaternary nitrogens is 1. The zero-order chi connectivity index (χ0) is 33.9. The molecule has 2 unspecified atom stereocenters. The number of phenols is 1. The number of aliphatic hydroxyl groups is 1. The van der Waals surface area contributed by atoms with E-state index in [2.05, 4.69) is 43.0 Å². The number of anilines is 1. The summed E-state index contributed by atoms with van der Waals surface area (Å²) in [6.45, 7) is 13.3. The highest BCUT2D eigenvalue weighted by atomic mass is 35.5. The van der Waals surface area contributed by atoms with Crippen molar-refractivity contribution >= 4 is 29.9 Å². The highest BCUT2D eigenvalue weighted by Crippen LogP contribution is 2.56. The van der Waals surface area contributed by atoms with Gasteiger partial charge in [0.2, 0.25) is 0 Å². The second-order valence-corrected chi connectivity index (χ2v) is 15.8. The van der Waals surface area contributed by atoms with Crippen LogP contribution in [0.25, 0.3) is 0 Å². The van der Waals surface area contributed by atoms with Crippen LogP contribution in [0.4, 0.5) is 5.69 Å². The molecular formula is C40H56ClN3O4S. The molecule has 0 spiro atoms. The van der Waals surface area contributed by atoms with Crippen molar-refractivity contribution in [3.63, 3.8) is 0 Å². The Balaban J connectivity index is 0.00000468. The topological polar surface area (TPSA) is 79.2 Å². The summed E-state index contributed by atoms with van der Waals surface area (Å²) in [7, 11) is 3.80. The number of rotatable bonds is 13. The smallest absolute Gasteiger partial charge is 0.143 e. The van der Waals surface area contributed by atoms with Gasteiger partial charge in [-0.25, -0.2) is 0 Å². The maximum absolute atomic E-state index is 14.2. The Bertz CT molecular complexity index is 1490. The maximum atomic E-state index is 14.2. The monoisotopic (exact) mass is 709 g/mol. The van der Waals surface area contributed by atoms with Crippen molar-refractivity contribution in [1.82, 2.24) is 4.90 Å². The third-order valence-corrected chi connectivity index (χ3v) is 12.7. The minimum absolute atomic E-state index is 0. The van der Waals surface area contributed by atoms with Gasteiger partial charge >= 0.3 is 0 Å². The molecule has 3 saturated heterocycles. The van der Waals surface area contributed by atoms with Crippen LogP contribution >= 0.6 is 24.2 Å². The summed E-state index contributed by atoms with van der Waals surface area (Å²) in [5, 5.41) is 38.4. The second-order valence-electron chi connectivity index (χ2n) is 14.7. The van der Waals surface area contributed by atoms with E-state index in [4.69, 9.17) is 4.74 Å². The van der Waals surface area contributed by atoms with E-state index < -0.39 is 22.9 Å². The fourth-order valence-electron chi connectivity index (χ4n) is 8.26. The molecule has 3 atom stereocenters. The highest BCUT2D eigenvalue weighted by Gasteiger charge is 2.48. The predicted octanol–water partition coefficient (Wildman–Crippen LogP) is 6.76. The van der Waals surface area contributed by atoms with Gasteiger partial charge in [-0.05, 0) is 53.6 Å². The lowest BCUT2D eigenvalue weighted by Crippen LogP contribution is -2.66. The quantitative estimate of drug-likeness (QED) is 0.190. The highest BCUT2D eigenvalue weighted by molar-refractivity contribution is 7.99. The molecule has 4 aliphatic heterocycles. The first-order chi connectivity index (χ1) is 23.2. The van der Waals surface area contributed by atoms with Crippen molar-refractivity contribution < 1.29 is 24.5 Å². The van der Waals surface area contributed by atoms with Crippen molar-refractivity contribution in [1.29, 1.82) is 0 Å². The number of ether oxygens (including phenoxy) is 1. The molecule has 4 aliphatic rings. The second kappa shape index (κ2) is 16.3. The Hall–Kier alpha value is -2.46. The average Bonchev–Trinajstić information content (AvgIpc) is 3.19. The standard InChI is InChI=1S/C40H55N3O4S.ClH/c1-5-7-19-40(20-8-6-2)38(45)35(36-34(48-39(40)46)18-17-33(37(36)44)41(3)4)31-13-15-32(16-14-31)47-28-30-11-9-29(10-12-30)27-43-24-21-42(22-25-43)23-26-43;/h9-18,35,38-39,44-45H,5-8,19-28H2,1-4H3;1H/t35-,38?,39?;/m1./s1. The van der Waals surface area contributed by atoms with Gasteiger partial charge in [-0.1, -0.05) is 81.4 Å². The maximum Gasteiger partial charge on any atom is 0.143 e. The van der Waals surface area contributed by atoms with E-state index in [1.807, 2.05) is 55.4 Å². The Labute approximate surface area is 304 Å². The normalized spacial score (nSPS) is 25.6. The number of phenolic OH excluding ortho intramolecular Hbond substituents is 1. The molecule has 9 heteroatoms. The zero-order valence-corrected chi connectivity index (χ0v) is 31.4.